The van der Waals surface area contributed by atoms with Crippen molar-refractivity contribution in [2.24, 2.45) is 5.92 Å². The quantitative estimate of drug-likeness (QED) is 0.613. The molecular weight excluding hydrogens is 290 g/mol. The molecule has 8 heteroatoms. The summed E-state index contributed by atoms with van der Waals surface area (Å²) in [6.45, 7) is 2.24. The lowest BCUT2D eigenvalue weighted by Crippen LogP contribution is -2.43. The van der Waals surface area contributed by atoms with Gasteiger partial charge in [0.25, 0.3) is 0 Å². The van der Waals surface area contributed by atoms with Crippen molar-refractivity contribution in [3.8, 4) is 0 Å². The number of aliphatic carboxylic acids is 1. The predicted molar refractivity (Wildman–Crippen MR) is 74.0 cm³/mol. The first kappa shape index (κ1) is 16.2. The second kappa shape index (κ2) is 7.64. The zero-order valence-corrected chi connectivity index (χ0v) is 12.5. The maximum Gasteiger partial charge on any atom is 0.377 e. The van der Waals surface area contributed by atoms with Crippen LogP contribution in [0.4, 0.5) is 4.79 Å². The summed E-state index contributed by atoms with van der Waals surface area (Å²) < 4.78 is 4.47. The molecule has 1 N–H and O–H groups in total. The van der Waals surface area contributed by atoms with Crippen molar-refractivity contribution in [2.45, 2.75) is 25.8 Å². The molecule has 1 rings (SSSR count). The highest BCUT2D eigenvalue weighted by molar-refractivity contribution is 8.82. The zero-order valence-electron chi connectivity index (χ0n) is 10.8. The van der Waals surface area contributed by atoms with Gasteiger partial charge < -0.3 is 14.7 Å². The molecule has 0 aromatic rings. The standard InChI is InChI=1S/C11H17NO5S2/c1-7(6-18-19-11(16)17-2)9(13)12-5-3-4-8(12)10(14)15/h7-8H,3-6H2,1-2H3,(H,14,15). The van der Waals surface area contributed by atoms with Crippen LogP contribution in [0.5, 0.6) is 0 Å². The van der Waals surface area contributed by atoms with Crippen LogP contribution in [-0.4, -0.2) is 52.6 Å². The van der Waals surface area contributed by atoms with Gasteiger partial charge in [-0.2, -0.15) is 0 Å². The van der Waals surface area contributed by atoms with E-state index in [0.717, 1.165) is 17.2 Å². The van der Waals surface area contributed by atoms with Crippen LogP contribution in [0.15, 0.2) is 0 Å². The van der Waals surface area contributed by atoms with E-state index in [-0.39, 0.29) is 11.8 Å². The first-order valence-electron chi connectivity index (χ1n) is 5.88. The molecular formula is C11H17NO5S2. The summed E-state index contributed by atoms with van der Waals surface area (Å²) in [7, 11) is 3.48. The first-order chi connectivity index (χ1) is 8.97. The number of nitrogens with zero attached hydrogens (tertiary/aromatic N) is 1. The molecule has 0 aliphatic carbocycles. The third kappa shape index (κ3) is 4.61. The molecule has 1 aliphatic heterocycles. The Balaban J connectivity index is 2.43. The van der Waals surface area contributed by atoms with Crippen molar-refractivity contribution < 1.29 is 24.2 Å². The number of carbonyl (C=O) groups excluding carboxylic acids is 2. The van der Waals surface area contributed by atoms with Crippen LogP contribution in [-0.2, 0) is 14.3 Å². The van der Waals surface area contributed by atoms with Gasteiger partial charge in [0.2, 0.25) is 5.91 Å². The van der Waals surface area contributed by atoms with E-state index < -0.39 is 17.3 Å². The van der Waals surface area contributed by atoms with Crippen molar-refractivity contribution in [3.63, 3.8) is 0 Å². The molecule has 6 nitrogen and oxygen atoms in total. The van der Waals surface area contributed by atoms with Gasteiger partial charge in [0.1, 0.15) is 6.04 Å². The minimum Gasteiger partial charge on any atom is -0.480 e. The number of likely N-dealkylation sites (tertiary alicyclic amines) is 1. The minimum absolute atomic E-state index is 0.164. The molecule has 2 atom stereocenters. The summed E-state index contributed by atoms with van der Waals surface area (Å²) in [6, 6.07) is -0.701. The number of rotatable bonds is 5. The van der Waals surface area contributed by atoms with E-state index in [1.165, 1.54) is 22.8 Å². The minimum atomic E-state index is -0.949. The summed E-state index contributed by atoms with van der Waals surface area (Å²) >= 11 is 0. The van der Waals surface area contributed by atoms with Crippen LogP contribution in [0.2, 0.25) is 0 Å². The van der Waals surface area contributed by atoms with E-state index in [9.17, 15) is 14.4 Å². The summed E-state index contributed by atoms with van der Waals surface area (Å²) in [4.78, 5) is 35.5. The molecule has 1 saturated heterocycles. The normalized spacial score (nSPS) is 20.1. The fraction of sp³-hybridized carbons (Fsp3) is 0.727. The van der Waals surface area contributed by atoms with Crippen LogP contribution in [0.3, 0.4) is 0 Å². The Morgan fingerprint density at radius 3 is 2.74 bits per heavy atom. The Morgan fingerprint density at radius 1 is 1.47 bits per heavy atom. The van der Waals surface area contributed by atoms with E-state index in [1.54, 1.807) is 6.92 Å². The highest BCUT2D eigenvalue weighted by atomic mass is 33.1. The fourth-order valence-corrected chi connectivity index (χ4v) is 3.75. The second-order valence-electron chi connectivity index (χ2n) is 4.25. The summed E-state index contributed by atoms with van der Waals surface area (Å²) in [5.74, 6) is -0.985. The van der Waals surface area contributed by atoms with Crippen molar-refractivity contribution in [1.82, 2.24) is 4.90 Å². The molecule has 1 aliphatic rings. The van der Waals surface area contributed by atoms with Crippen LogP contribution in [0.1, 0.15) is 19.8 Å². The number of carboxylic acid groups (broad SMARTS) is 1. The molecule has 0 spiro atoms. The molecule has 1 heterocycles. The van der Waals surface area contributed by atoms with E-state index in [4.69, 9.17) is 5.11 Å². The molecule has 2 unspecified atom stereocenters. The van der Waals surface area contributed by atoms with Crippen LogP contribution >= 0.6 is 21.6 Å². The van der Waals surface area contributed by atoms with Gasteiger partial charge in [0.15, 0.2) is 0 Å². The largest absolute Gasteiger partial charge is 0.480 e. The Kier molecular flexibility index (Phi) is 6.50. The van der Waals surface area contributed by atoms with E-state index in [1.807, 2.05) is 0 Å². The predicted octanol–water partition coefficient (Wildman–Crippen LogP) is 1.85. The maximum atomic E-state index is 12.1. The Morgan fingerprint density at radius 2 is 2.16 bits per heavy atom. The van der Waals surface area contributed by atoms with E-state index >= 15 is 0 Å². The van der Waals surface area contributed by atoms with Crippen LogP contribution < -0.4 is 0 Å². The molecule has 0 radical (unpaired) electrons. The average Bonchev–Trinajstić information content (AvgIpc) is 2.86. The number of carboxylic acids is 1. The lowest BCUT2D eigenvalue weighted by molar-refractivity contribution is -0.149. The zero-order chi connectivity index (χ0) is 14.4. The van der Waals surface area contributed by atoms with E-state index in [0.29, 0.717) is 18.7 Å². The molecule has 0 aromatic heterocycles. The third-order valence-electron chi connectivity index (χ3n) is 2.85. The lowest BCUT2D eigenvalue weighted by Gasteiger charge is -2.24. The molecule has 0 bridgehead atoms. The van der Waals surface area contributed by atoms with Gasteiger partial charge in [0.05, 0.1) is 7.11 Å². The molecule has 19 heavy (non-hydrogen) atoms. The fourth-order valence-electron chi connectivity index (χ4n) is 1.86. The molecule has 1 fully saturated rings. The first-order valence-corrected chi connectivity index (χ1v) is 8.20. The van der Waals surface area contributed by atoms with Gasteiger partial charge in [-0.05, 0) is 12.8 Å². The third-order valence-corrected chi connectivity index (χ3v) is 5.08. The SMILES string of the molecule is COC(=O)SSCC(C)C(=O)N1CCCC1C(=O)O. The molecule has 108 valence electrons. The Bertz CT molecular complexity index is 363. The van der Waals surface area contributed by atoms with E-state index in [2.05, 4.69) is 4.74 Å². The maximum absolute atomic E-state index is 12.1. The van der Waals surface area contributed by atoms with Gasteiger partial charge in [-0.3, -0.25) is 4.79 Å². The number of methoxy groups -OCH3 is 1. The number of ether oxygens (including phenoxy) is 1. The number of hydrogen-bond acceptors (Lipinski definition) is 6. The smallest absolute Gasteiger partial charge is 0.377 e. The van der Waals surface area contributed by atoms with Gasteiger partial charge in [-0.25, -0.2) is 9.59 Å². The summed E-state index contributed by atoms with van der Waals surface area (Å²) in [6.07, 6.45) is 1.23. The van der Waals surface area contributed by atoms with Crippen LogP contribution in [0, 0.1) is 5.92 Å². The van der Waals surface area contributed by atoms with Gasteiger partial charge in [-0.15, -0.1) is 0 Å². The highest BCUT2D eigenvalue weighted by Crippen LogP contribution is 2.27. The second-order valence-corrected chi connectivity index (χ2v) is 6.53. The average molecular weight is 307 g/mol. The molecule has 1 amide bonds. The van der Waals surface area contributed by atoms with Gasteiger partial charge in [-0.1, -0.05) is 17.7 Å². The number of hydrogen-bond donors (Lipinski definition) is 1. The lowest BCUT2D eigenvalue weighted by atomic mass is 10.1. The van der Waals surface area contributed by atoms with Gasteiger partial charge in [0, 0.05) is 29.0 Å². The van der Waals surface area contributed by atoms with Crippen LogP contribution in [0.25, 0.3) is 0 Å². The van der Waals surface area contributed by atoms with Crippen molar-refractivity contribution >= 4 is 38.8 Å². The topological polar surface area (TPSA) is 83.9 Å². The number of amides is 1. The number of carbonyl (C=O) groups is 3. The summed E-state index contributed by atoms with van der Waals surface area (Å²) in [5, 5.41) is 8.62. The Labute approximate surface area is 119 Å². The summed E-state index contributed by atoms with van der Waals surface area (Å²) in [5.41, 5.74) is 0. The molecule has 0 saturated carbocycles. The van der Waals surface area contributed by atoms with Crippen molar-refractivity contribution in [3.05, 3.63) is 0 Å². The molecule has 0 aromatic carbocycles. The Hall–Kier alpha value is -0.890. The highest BCUT2D eigenvalue weighted by Gasteiger charge is 2.35. The van der Waals surface area contributed by atoms with Gasteiger partial charge >= 0.3 is 11.3 Å². The monoisotopic (exact) mass is 307 g/mol. The van der Waals surface area contributed by atoms with Crippen molar-refractivity contribution in [2.75, 3.05) is 19.4 Å². The van der Waals surface area contributed by atoms with Crippen molar-refractivity contribution in [1.29, 1.82) is 0 Å².